The number of alkyl halides is 5. The summed E-state index contributed by atoms with van der Waals surface area (Å²) in [5.41, 5.74) is 0.697. The molecule has 0 saturated heterocycles. The topological polar surface area (TPSA) is 48.3 Å². The standard InChI is InChI=1S/C16H18F5N3O2/c1-2-25-13-7-11(3-4-12(13)26-10-16(19,20)21)8-22-9-14-23-5-6-24(14)15(17)18/h3-7,15,22H,2,8-10H2,1H3. The number of ether oxygens (including phenoxy) is 2. The van der Waals surface area contributed by atoms with E-state index in [2.05, 4.69) is 10.3 Å². The Kier molecular flexibility index (Phi) is 6.78. The number of nitrogens with zero attached hydrogens (tertiary/aromatic N) is 2. The van der Waals surface area contributed by atoms with Crippen LogP contribution in [-0.2, 0) is 13.1 Å². The summed E-state index contributed by atoms with van der Waals surface area (Å²) in [6.45, 7) is -1.75. The van der Waals surface area contributed by atoms with E-state index in [4.69, 9.17) is 9.47 Å². The maximum absolute atomic E-state index is 12.7. The van der Waals surface area contributed by atoms with E-state index in [1.165, 1.54) is 18.5 Å². The summed E-state index contributed by atoms with van der Waals surface area (Å²) >= 11 is 0. The van der Waals surface area contributed by atoms with Crippen molar-refractivity contribution in [2.75, 3.05) is 13.2 Å². The molecule has 0 spiro atoms. The summed E-state index contributed by atoms with van der Waals surface area (Å²) in [6, 6.07) is 4.50. The van der Waals surface area contributed by atoms with E-state index in [0.717, 1.165) is 4.57 Å². The van der Waals surface area contributed by atoms with E-state index in [1.54, 1.807) is 19.1 Å². The third kappa shape index (κ3) is 5.87. The van der Waals surface area contributed by atoms with Crippen molar-refractivity contribution in [2.24, 2.45) is 0 Å². The van der Waals surface area contributed by atoms with Crippen molar-refractivity contribution < 1.29 is 31.4 Å². The predicted octanol–water partition coefficient (Wildman–Crippen LogP) is 3.91. The Bertz CT molecular complexity index is 703. The molecule has 5 nitrogen and oxygen atoms in total. The summed E-state index contributed by atoms with van der Waals surface area (Å²) in [6.07, 6.45) is -1.98. The number of hydrogen-bond donors (Lipinski definition) is 1. The van der Waals surface area contributed by atoms with Crippen LogP contribution in [-0.4, -0.2) is 28.9 Å². The second-order valence-corrected chi connectivity index (χ2v) is 5.25. The number of rotatable bonds is 9. The van der Waals surface area contributed by atoms with Gasteiger partial charge in [-0.2, -0.15) is 22.0 Å². The molecular weight excluding hydrogens is 361 g/mol. The second-order valence-electron chi connectivity index (χ2n) is 5.25. The first-order valence-corrected chi connectivity index (χ1v) is 7.76. The number of halogens is 5. The highest BCUT2D eigenvalue weighted by atomic mass is 19.4. The second kappa shape index (κ2) is 8.84. The number of benzene rings is 1. The maximum Gasteiger partial charge on any atom is 0.422 e. The Morgan fingerprint density at radius 2 is 1.92 bits per heavy atom. The zero-order valence-electron chi connectivity index (χ0n) is 13.9. The first-order chi connectivity index (χ1) is 12.3. The van der Waals surface area contributed by atoms with Gasteiger partial charge in [-0.25, -0.2) is 4.98 Å². The first-order valence-electron chi connectivity index (χ1n) is 7.76. The lowest BCUT2D eigenvalue weighted by atomic mass is 10.2. The van der Waals surface area contributed by atoms with Gasteiger partial charge in [-0.05, 0) is 24.6 Å². The number of nitrogens with one attached hydrogen (secondary N) is 1. The molecule has 26 heavy (non-hydrogen) atoms. The Morgan fingerprint density at radius 3 is 2.58 bits per heavy atom. The molecule has 0 atom stereocenters. The zero-order valence-corrected chi connectivity index (χ0v) is 13.9. The van der Waals surface area contributed by atoms with Crippen LogP contribution in [0.5, 0.6) is 11.5 Å². The van der Waals surface area contributed by atoms with E-state index in [0.29, 0.717) is 5.56 Å². The monoisotopic (exact) mass is 379 g/mol. The van der Waals surface area contributed by atoms with E-state index >= 15 is 0 Å². The van der Waals surface area contributed by atoms with Crippen molar-refractivity contribution in [3.63, 3.8) is 0 Å². The van der Waals surface area contributed by atoms with Crippen molar-refractivity contribution in [1.82, 2.24) is 14.9 Å². The third-order valence-corrected chi connectivity index (χ3v) is 3.27. The van der Waals surface area contributed by atoms with Gasteiger partial charge < -0.3 is 14.8 Å². The number of hydrogen-bond acceptors (Lipinski definition) is 4. The van der Waals surface area contributed by atoms with Gasteiger partial charge in [0.25, 0.3) is 0 Å². The molecule has 2 aromatic rings. The van der Waals surface area contributed by atoms with Crippen molar-refractivity contribution >= 4 is 0 Å². The van der Waals surface area contributed by atoms with Crippen LogP contribution in [0.3, 0.4) is 0 Å². The van der Waals surface area contributed by atoms with E-state index in [-0.39, 0.29) is 37.0 Å². The molecule has 10 heteroatoms. The van der Waals surface area contributed by atoms with Crippen LogP contribution in [0.2, 0.25) is 0 Å². The van der Waals surface area contributed by atoms with Gasteiger partial charge >= 0.3 is 12.7 Å². The third-order valence-electron chi connectivity index (χ3n) is 3.27. The van der Waals surface area contributed by atoms with Gasteiger partial charge in [-0.15, -0.1) is 0 Å². The molecule has 0 aliphatic heterocycles. The van der Waals surface area contributed by atoms with Crippen LogP contribution >= 0.6 is 0 Å². The minimum atomic E-state index is -4.45. The van der Waals surface area contributed by atoms with Gasteiger partial charge in [0.05, 0.1) is 13.2 Å². The minimum Gasteiger partial charge on any atom is -0.490 e. The van der Waals surface area contributed by atoms with Crippen LogP contribution in [0.15, 0.2) is 30.6 Å². The van der Waals surface area contributed by atoms with Crippen molar-refractivity contribution in [3.05, 3.63) is 42.0 Å². The molecule has 0 aliphatic carbocycles. The van der Waals surface area contributed by atoms with Gasteiger partial charge in [0.15, 0.2) is 18.1 Å². The van der Waals surface area contributed by atoms with Crippen LogP contribution in [0, 0.1) is 0 Å². The molecule has 0 amide bonds. The van der Waals surface area contributed by atoms with Crippen molar-refractivity contribution in [2.45, 2.75) is 32.7 Å². The molecule has 1 heterocycles. The molecule has 0 fully saturated rings. The van der Waals surface area contributed by atoms with Crippen molar-refractivity contribution in [1.29, 1.82) is 0 Å². The van der Waals surface area contributed by atoms with Crippen LogP contribution in [0.4, 0.5) is 22.0 Å². The fraction of sp³-hybridized carbons (Fsp3) is 0.438. The summed E-state index contributed by atoms with van der Waals surface area (Å²) in [5.74, 6) is 0.349. The highest BCUT2D eigenvalue weighted by Crippen LogP contribution is 2.30. The van der Waals surface area contributed by atoms with Gasteiger partial charge in [0.1, 0.15) is 5.82 Å². The Hall–Kier alpha value is -2.36. The number of aromatic nitrogens is 2. The molecule has 0 saturated carbocycles. The molecule has 2 rings (SSSR count). The van der Waals surface area contributed by atoms with Crippen LogP contribution in [0.25, 0.3) is 0 Å². The molecule has 1 aromatic carbocycles. The average molecular weight is 379 g/mol. The molecular formula is C16H18F5N3O2. The van der Waals surface area contributed by atoms with Crippen LogP contribution < -0.4 is 14.8 Å². The molecule has 0 aliphatic rings. The van der Waals surface area contributed by atoms with E-state index in [9.17, 15) is 22.0 Å². The lowest BCUT2D eigenvalue weighted by Crippen LogP contribution is -2.20. The molecule has 1 aromatic heterocycles. The summed E-state index contributed by atoms with van der Waals surface area (Å²) in [4.78, 5) is 3.85. The zero-order chi connectivity index (χ0) is 19.2. The quantitative estimate of drug-likeness (QED) is 0.672. The summed E-state index contributed by atoms with van der Waals surface area (Å²) < 4.78 is 73.1. The van der Waals surface area contributed by atoms with Gasteiger partial charge in [0.2, 0.25) is 0 Å². The Morgan fingerprint density at radius 1 is 1.15 bits per heavy atom. The molecule has 0 radical (unpaired) electrons. The van der Waals surface area contributed by atoms with E-state index < -0.39 is 19.3 Å². The van der Waals surface area contributed by atoms with Crippen LogP contribution in [0.1, 0.15) is 24.9 Å². The molecule has 1 N–H and O–H groups in total. The molecule has 144 valence electrons. The lowest BCUT2D eigenvalue weighted by Gasteiger charge is -2.15. The lowest BCUT2D eigenvalue weighted by molar-refractivity contribution is -0.153. The van der Waals surface area contributed by atoms with Gasteiger partial charge in [-0.3, -0.25) is 4.57 Å². The highest BCUT2D eigenvalue weighted by Gasteiger charge is 2.29. The minimum absolute atomic E-state index is 0.0128. The predicted molar refractivity (Wildman–Crippen MR) is 83.2 cm³/mol. The van der Waals surface area contributed by atoms with E-state index in [1.807, 2.05) is 0 Å². The highest BCUT2D eigenvalue weighted by molar-refractivity contribution is 5.43. The fourth-order valence-electron chi connectivity index (χ4n) is 2.19. The smallest absolute Gasteiger partial charge is 0.422 e. The largest absolute Gasteiger partial charge is 0.490 e. The Labute approximate surface area is 146 Å². The maximum atomic E-state index is 12.7. The van der Waals surface area contributed by atoms with Gasteiger partial charge in [-0.1, -0.05) is 6.07 Å². The first kappa shape index (κ1) is 20.0. The SMILES string of the molecule is CCOc1cc(CNCc2nccn2C(F)F)ccc1OCC(F)(F)F. The Balaban J connectivity index is 1.98. The van der Waals surface area contributed by atoms with Crippen molar-refractivity contribution in [3.8, 4) is 11.5 Å². The summed E-state index contributed by atoms with van der Waals surface area (Å²) in [5, 5.41) is 2.95. The number of imidazole rings is 1. The van der Waals surface area contributed by atoms with Gasteiger partial charge in [0, 0.05) is 18.9 Å². The fourth-order valence-corrected chi connectivity index (χ4v) is 2.19. The average Bonchev–Trinajstić information content (AvgIpc) is 3.02. The normalized spacial score (nSPS) is 11.8. The molecule has 0 unspecified atom stereocenters. The molecule has 0 bridgehead atoms. The summed E-state index contributed by atoms with van der Waals surface area (Å²) in [7, 11) is 0.